The first-order valence-electron chi connectivity index (χ1n) is 4.54. The molecule has 0 unspecified atom stereocenters. The van der Waals surface area contributed by atoms with Crippen LogP contribution < -0.4 is 16.6 Å². The van der Waals surface area contributed by atoms with E-state index in [0.29, 0.717) is 6.67 Å². The third-order valence-corrected chi connectivity index (χ3v) is 2.28. The van der Waals surface area contributed by atoms with Gasteiger partial charge < -0.3 is 9.88 Å². The number of nitrogens with one attached hydrogen (secondary N) is 2. The number of aromatic nitrogens is 1. The lowest BCUT2D eigenvalue weighted by Crippen LogP contribution is -2.28. The Bertz CT molecular complexity index is 433. The first-order valence-corrected chi connectivity index (χ1v) is 4.54. The van der Waals surface area contributed by atoms with Crippen molar-refractivity contribution in [2.45, 2.75) is 0 Å². The fourth-order valence-corrected chi connectivity index (χ4v) is 1.63. The summed E-state index contributed by atoms with van der Waals surface area (Å²) in [6, 6.07) is 8.25. The summed E-state index contributed by atoms with van der Waals surface area (Å²) in [6.45, 7) is 0.563. The Hall–Kier alpha value is -1.52. The smallest absolute Gasteiger partial charge is 0.0781 e. The Morgan fingerprint density at radius 1 is 1.36 bits per heavy atom. The zero-order valence-electron chi connectivity index (χ0n) is 8.12. The Balaban J connectivity index is 2.44. The number of aryl methyl sites for hydroxylation is 1. The number of hydrogen-bond acceptors (Lipinski definition) is 3. The Kier molecular flexibility index (Phi) is 2.39. The van der Waals surface area contributed by atoms with Crippen LogP contribution in [0.25, 0.3) is 10.9 Å². The number of fused-ring (bicyclic) bond motifs is 1. The van der Waals surface area contributed by atoms with E-state index in [-0.39, 0.29) is 0 Å². The molecule has 74 valence electrons. The van der Waals surface area contributed by atoms with Gasteiger partial charge in [0.15, 0.2) is 0 Å². The number of benzene rings is 1. The van der Waals surface area contributed by atoms with Crippen LogP contribution in [0.3, 0.4) is 0 Å². The van der Waals surface area contributed by atoms with Gasteiger partial charge in [0.2, 0.25) is 0 Å². The first-order chi connectivity index (χ1) is 6.83. The minimum absolute atomic E-state index is 0.563. The summed E-state index contributed by atoms with van der Waals surface area (Å²) in [5.41, 5.74) is 4.88. The highest BCUT2D eigenvalue weighted by Crippen LogP contribution is 2.24. The van der Waals surface area contributed by atoms with Crippen LogP contribution in [-0.4, -0.2) is 11.2 Å². The maximum Gasteiger partial charge on any atom is 0.0781 e. The highest BCUT2D eigenvalue weighted by molar-refractivity contribution is 5.92. The number of para-hydroxylation sites is 1. The average molecular weight is 190 g/mol. The molecule has 4 nitrogen and oxygen atoms in total. The van der Waals surface area contributed by atoms with E-state index in [2.05, 4.69) is 33.6 Å². The van der Waals surface area contributed by atoms with Gasteiger partial charge in [0.05, 0.1) is 12.4 Å². The highest BCUT2D eigenvalue weighted by atomic mass is 15.3. The van der Waals surface area contributed by atoms with Crippen LogP contribution >= 0.6 is 0 Å². The second-order valence-corrected chi connectivity index (χ2v) is 3.23. The molecule has 1 heterocycles. The molecule has 14 heavy (non-hydrogen) atoms. The lowest BCUT2D eigenvalue weighted by Gasteiger charge is -2.02. The van der Waals surface area contributed by atoms with Crippen molar-refractivity contribution in [1.82, 2.24) is 9.99 Å². The molecule has 0 radical (unpaired) electrons. The van der Waals surface area contributed by atoms with Gasteiger partial charge in [-0.05, 0) is 6.07 Å². The molecule has 1 aromatic carbocycles. The van der Waals surface area contributed by atoms with Gasteiger partial charge in [-0.1, -0.05) is 18.2 Å². The standard InChI is InChI=1S/C10H14N4/c1-14-6-9(12-7-13-11)8-4-2-3-5-10(8)14/h2-6,12-13H,7,11H2,1H3. The van der Waals surface area contributed by atoms with E-state index < -0.39 is 0 Å². The molecular formula is C10H14N4. The van der Waals surface area contributed by atoms with E-state index in [1.54, 1.807) is 0 Å². The van der Waals surface area contributed by atoms with Crippen molar-refractivity contribution in [3.8, 4) is 0 Å². The molecular weight excluding hydrogens is 176 g/mol. The lowest BCUT2D eigenvalue weighted by molar-refractivity contribution is 0.790. The number of nitrogens with two attached hydrogens (primary N) is 1. The summed E-state index contributed by atoms with van der Waals surface area (Å²) in [7, 11) is 2.03. The van der Waals surface area contributed by atoms with Crippen molar-refractivity contribution in [3.63, 3.8) is 0 Å². The number of hydrazine groups is 1. The predicted molar refractivity (Wildman–Crippen MR) is 58.7 cm³/mol. The third kappa shape index (κ3) is 1.45. The Morgan fingerprint density at radius 3 is 2.93 bits per heavy atom. The highest BCUT2D eigenvalue weighted by Gasteiger charge is 2.03. The number of anilines is 1. The van der Waals surface area contributed by atoms with Gasteiger partial charge >= 0.3 is 0 Å². The first kappa shape index (κ1) is 9.05. The van der Waals surface area contributed by atoms with Gasteiger partial charge in [0.25, 0.3) is 0 Å². The normalized spacial score (nSPS) is 10.7. The zero-order valence-corrected chi connectivity index (χ0v) is 8.12. The van der Waals surface area contributed by atoms with Crippen LogP contribution in [0.1, 0.15) is 0 Å². The third-order valence-electron chi connectivity index (χ3n) is 2.28. The van der Waals surface area contributed by atoms with Gasteiger partial charge in [-0.3, -0.25) is 5.84 Å². The van der Waals surface area contributed by atoms with Crippen LogP contribution in [0.4, 0.5) is 5.69 Å². The maximum atomic E-state index is 5.21. The van der Waals surface area contributed by atoms with Gasteiger partial charge in [-0.2, -0.15) is 0 Å². The van der Waals surface area contributed by atoms with E-state index in [9.17, 15) is 0 Å². The molecule has 4 heteroatoms. The predicted octanol–water partition coefficient (Wildman–Crippen LogP) is 1.01. The van der Waals surface area contributed by atoms with Crippen molar-refractivity contribution in [2.75, 3.05) is 12.0 Å². The van der Waals surface area contributed by atoms with Crippen LogP contribution in [-0.2, 0) is 7.05 Å². The van der Waals surface area contributed by atoms with Crippen molar-refractivity contribution in [1.29, 1.82) is 0 Å². The molecule has 0 amide bonds. The second kappa shape index (κ2) is 3.69. The fourth-order valence-electron chi connectivity index (χ4n) is 1.63. The number of hydrogen-bond donors (Lipinski definition) is 3. The molecule has 0 saturated heterocycles. The van der Waals surface area contributed by atoms with Crippen LogP contribution in [0.2, 0.25) is 0 Å². The Morgan fingerprint density at radius 2 is 2.14 bits per heavy atom. The van der Waals surface area contributed by atoms with Gasteiger partial charge in [-0.15, -0.1) is 0 Å². The van der Waals surface area contributed by atoms with Gasteiger partial charge in [0, 0.05) is 24.1 Å². The number of nitrogens with zero attached hydrogens (tertiary/aromatic N) is 1. The largest absolute Gasteiger partial charge is 0.370 e. The Labute approximate surface area is 82.7 Å². The van der Waals surface area contributed by atoms with Crippen LogP contribution in [0, 0.1) is 0 Å². The van der Waals surface area contributed by atoms with Crippen molar-refractivity contribution < 1.29 is 0 Å². The topological polar surface area (TPSA) is 55.0 Å². The molecule has 4 N–H and O–H groups in total. The van der Waals surface area contributed by atoms with Gasteiger partial charge in [0.1, 0.15) is 0 Å². The van der Waals surface area contributed by atoms with E-state index in [1.807, 2.05) is 19.2 Å². The SMILES string of the molecule is Cn1cc(NCNN)c2ccccc21. The van der Waals surface area contributed by atoms with E-state index in [4.69, 9.17) is 5.84 Å². The quantitative estimate of drug-likeness (QED) is 0.384. The molecule has 0 aliphatic heterocycles. The monoisotopic (exact) mass is 190 g/mol. The van der Waals surface area contributed by atoms with E-state index in [1.165, 1.54) is 10.9 Å². The summed E-state index contributed by atoms with van der Waals surface area (Å²) >= 11 is 0. The fraction of sp³-hybridized carbons (Fsp3) is 0.200. The average Bonchev–Trinajstić information content (AvgIpc) is 2.54. The van der Waals surface area contributed by atoms with Crippen molar-refractivity contribution >= 4 is 16.6 Å². The number of rotatable bonds is 3. The van der Waals surface area contributed by atoms with E-state index >= 15 is 0 Å². The molecule has 1 aromatic heterocycles. The minimum atomic E-state index is 0.563. The summed E-state index contributed by atoms with van der Waals surface area (Å²) in [6.07, 6.45) is 2.06. The molecule has 0 bridgehead atoms. The maximum absolute atomic E-state index is 5.21. The molecule has 0 spiro atoms. The van der Waals surface area contributed by atoms with Crippen molar-refractivity contribution in [3.05, 3.63) is 30.5 Å². The molecule has 2 aromatic rings. The molecule has 0 aliphatic carbocycles. The summed E-state index contributed by atoms with van der Waals surface area (Å²) in [5, 5.41) is 4.41. The lowest BCUT2D eigenvalue weighted by atomic mass is 10.2. The summed E-state index contributed by atoms with van der Waals surface area (Å²) in [4.78, 5) is 0. The van der Waals surface area contributed by atoms with Gasteiger partial charge in [-0.25, -0.2) is 5.43 Å². The molecule has 2 rings (SSSR count). The zero-order chi connectivity index (χ0) is 9.97. The second-order valence-electron chi connectivity index (χ2n) is 3.23. The molecule has 0 saturated carbocycles. The molecule has 0 aliphatic rings. The molecule has 0 fully saturated rings. The van der Waals surface area contributed by atoms with Crippen LogP contribution in [0.5, 0.6) is 0 Å². The summed E-state index contributed by atoms with van der Waals surface area (Å²) in [5.74, 6) is 5.21. The molecule has 0 atom stereocenters. The summed E-state index contributed by atoms with van der Waals surface area (Å²) < 4.78 is 2.09. The van der Waals surface area contributed by atoms with E-state index in [0.717, 1.165) is 5.69 Å². The minimum Gasteiger partial charge on any atom is -0.370 e. The van der Waals surface area contributed by atoms with Crippen molar-refractivity contribution in [2.24, 2.45) is 12.9 Å². The van der Waals surface area contributed by atoms with Crippen LogP contribution in [0.15, 0.2) is 30.5 Å².